The highest BCUT2D eigenvalue weighted by molar-refractivity contribution is 6.89. The van der Waals surface area contributed by atoms with Gasteiger partial charge in [-0.25, -0.2) is 4.57 Å². The van der Waals surface area contributed by atoms with Gasteiger partial charge in [0.15, 0.2) is 6.20 Å². The lowest BCUT2D eigenvalue weighted by Gasteiger charge is -2.22. The van der Waals surface area contributed by atoms with Gasteiger partial charge < -0.3 is 0 Å². The second-order valence-corrected chi connectivity index (χ2v) is 12.9. The maximum atomic E-state index is 2.46. The van der Waals surface area contributed by atoms with Crippen molar-refractivity contribution in [1.29, 1.82) is 0 Å². The third-order valence-electron chi connectivity index (χ3n) is 4.21. The van der Waals surface area contributed by atoms with Gasteiger partial charge in [0, 0.05) is 17.2 Å². The third-order valence-corrected chi connectivity index (χ3v) is 6.30. The van der Waals surface area contributed by atoms with Crippen LogP contribution < -0.4 is 9.75 Å². The Morgan fingerprint density at radius 2 is 1.73 bits per heavy atom. The van der Waals surface area contributed by atoms with Gasteiger partial charge in [0.2, 0.25) is 5.69 Å². The molecule has 0 amide bonds. The van der Waals surface area contributed by atoms with E-state index in [1.54, 1.807) is 5.19 Å². The zero-order chi connectivity index (χ0) is 16.5. The van der Waals surface area contributed by atoms with Crippen LogP contribution in [0, 0.1) is 12.8 Å². The van der Waals surface area contributed by atoms with E-state index >= 15 is 0 Å². The topological polar surface area (TPSA) is 3.88 Å². The van der Waals surface area contributed by atoms with Gasteiger partial charge in [-0.05, 0) is 36.1 Å². The van der Waals surface area contributed by atoms with Gasteiger partial charge in [0.1, 0.15) is 7.05 Å². The highest BCUT2D eigenvalue weighted by Crippen LogP contribution is 2.21. The summed E-state index contributed by atoms with van der Waals surface area (Å²) in [5, 5.41) is 1.61. The van der Waals surface area contributed by atoms with Crippen molar-refractivity contribution in [1.82, 2.24) is 0 Å². The van der Waals surface area contributed by atoms with Crippen LogP contribution in [0.5, 0.6) is 0 Å². The van der Waals surface area contributed by atoms with Crippen LogP contribution in [-0.2, 0) is 13.5 Å². The van der Waals surface area contributed by atoms with Crippen LogP contribution in [0.2, 0.25) is 19.6 Å². The number of rotatable bonds is 4. The van der Waals surface area contributed by atoms with E-state index < -0.39 is 8.07 Å². The molecule has 0 aliphatic carbocycles. The quantitative estimate of drug-likeness (QED) is 0.587. The molecule has 0 radical (unpaired) electrons. The van der Waals surface area contributed by atoms with Crippen molar-refractivity contribution >= 4 is 13.3 Å². The molecule has 0 saturated carbocycles. The zero-order valence-corrected chi connectivity index (χ0v) is 16.2. The van der Waals surface area contributed by atoms with Gasteiger partial charge in [-0.15, -0.1) is 0 Å². The Morgan fingerprint density at radius 3 is 2.27 bits per heavy atom. The standard InChI is InChI=1S/C20H30NSi/c1-15(2)12-17-14-21(4)19(13-20(17)22(5,6)7)18-11-9-8-10-16(18)3/h8-11,13-15H,12H2,1-7H3/q+1. The zero-order valence-electron chi connectivity index (χ0n) is 15.2. The molecule has 0 fully saturated rings. The van der Waals surface area contributed by atoms with Crippen LogP contribution in [0.3, 0.4) is 0 Å². The van der Waals surface area contributed by atoms with Crippen LogP contribution in [-0.4, -0.2) is 8.07 Å². The lowest BCUT2D eigenvalue weighted by Crippen LogP contribution is -2.45. The molecule has 1 aromatic carbocycles. The average Bonchev–Trinajstić information content (AvgIpc) is 2.38. The Balaban J connectivity index is 2.66. The molecule has 0 N–H and O–H groups in total. The Labute approximate surface area is 137 Å². The number of nitrogens with zero attached hydrogens (tertiary/aromatic N) is 1. The smallest absolute Gasteiger partial charge is 0.201 e. The summed E-state index contributed by atoms with van der Waals surface area (Å²) in [6, 6.07) is 11.2. The number of pyridine rings is 1. The molecule has 0 spiro atoms. The summed E-state index contributed by atoms with van der Waals surface area (Å²) < 4.78 is 2.31. The highest BCUT2D eigenvalue weighted by Gasteiger charge is 2.26. The highest BCUT2D eigenvalue weighted by atomic mass is 28.3. The minimum atomic E-state index is -1.36. The molecule has 0 atom stereocenters. The molecule has 0 unspecified atom stereocenters. The molecule has 118 valence electrons. The summed E-state index contributed by atoms with van der Waals surface area (Å²) in [5.74, 6) is 0.694. The number of benzene rings is 1. The van der Waals surface area contributed by atoms with Crippen LogP contribution in [0.4, 0.5) is 0 Å². The fourth-order valence-corrected chi connectivity index (χ4v) is 4.83. The maximum Gasteiger partial charge on any atom is 0.212 e. The van der Waals surface area contributed by atoms with Crippen LogP contribution in [0.1, 0.15) is 25.0 Å². The van der Waals surface area contributed by atoms with E-state index in [9.17, 15) is 0 Å². The molecule has 1 nitrogen and oxygen atoms in total. The van der Waals surface area contributed by atoms with E-state index in [0.29, 0.717) is 5.92 Å². The number of hydrogen-bond donors (Lipinski definition) is 0. The molecule has 2 rings (SSSR count). The lowest BCUT2D eigenvalue weighted by atomic mass is 10.0. The Hall–Kier alpha value is -1.41. The second-order valence-electron chi connectivity index (χ2n) is 7.87. The summed E-state index contributed by atoms with van der Waals surface area (Å²) in [6.45, 7) is 14.2. The Kier molecular flexibility index (Phi) is 4.91. The summed E-state index contributed by atoms with van der Waals surface area (Å²) in [5.41, 5.74) is 5.56. The normalized spacial score (nSPS) is 12.0. The van der Waals surface area contributed by atoms with Crippen molar-refractivity contribution in [2.45, 2.75) is 46.8 Å². The van der Waals surface area contributed by atoms with Gasteiger partial charge in [-0.3, -0.25) is 0 Å². The molecule has 1 heterocycles. The average molecular weight is 313 g/mol. The van der Waals surface area contributed by atoms with Gasteiger partial charge in [0.05, 0.1) is 8.07 Å². The van der Waals surface area contributed by atoms with Crippen LogP contribution >= 0.6 is 0 Å². The molecular formula is C20H30NSi+. The van der Waals surface area contributed by atoms with E-state index in [1.807, 2.05) is 0 Å². The molecule has 1 aromatic heterocycles. The van der Waals surface area contributed by atoms with Gasteiger partial charge in [-0.1, -0.05) is 51.7 Å². The Bertz CT molecular complexity index is 666. The third kappa shape index (κ3) is 3.67. The predicted molar refractivity (Wildman–Crippen MR) is 99.3 cm³/mol. The van der Waals surface area contributed by atoms with Crippen LogP contribution in [0.15, 0.2) is 36.5 Å². The summed E-state index contributed by atoms with van der Waals surface area (Å²) in [6.07, 6.45) is 3.54. The summed E-state index contributed by atoms with van der Waals surface area (Å²) >= 11 is 0. The van der Waals surface area contributed by atoms with E-state index in [-0.39, 0.29) is 0 Å². The first-order valence-electron chi connectivity index (χ1n) is 8.29. The van der Waals surface area contributed by atoms with Gasteiger partial charge in [0.25, 0.3) is 0 Å². The second kappa shape index (κ2) is 6.37. The van der Waals surface area contributed by atoms with Gasteiger partial charge >= 0.3 is 0 Å². The fourth-order valence-electron chi connectivity index (χ4n) is 3.13. The minimum absolute atomic E-state index is 0.694. The molecule has 22 heavy (non-hydrogen) atoms. The number of hydrogen-bond acceptors (Lipinski definition) is 0. The monoisotopic (exact) mass is 312 g/mol. The summed E-state index contributed by atoms with van der Waals surface area (Å²) in [4.78, 5) is 0. The van der Waals surface area contributed by atoms with Crippen molar-refractivity contribution in [3.63, 3.8) is 0 Å². The van der Waals surface area contributed by atoms with Crippen molar-refractivity contribution in [2.75, 3.05) is 0 Å². The fraction of sp³-hybridized carbons (Fsp3) is 0.450. The molecular weight excluding hydrogens is 282 g/mol. The molecule has 0 saturated heterocycles. The molecule has 0 aliphatic heterocycles. The van der Waals surface area contributed by atoms with Gasteiger partial charge in [-0.2, -0.15) is 0 Å². The Morgan fingerprint density at radius 1 is 1.09 bits per heavy atom. The number of aryl methyl sites for hydroxylation is 2. The molecule has 2 heteroatoms. The van der Waals surface area contributed by atoms with Crippen LogP contribution in [0.25, 0.3) is 11.3 Å². The SMILES string of the molecule is Cc1ccccc1-c1cc([Si](C)(C)C)c(CC(C)C)c[n+]1C. The first kappa shape index (κ1) is 16.9. The minimum Gasteiger partial charge on any atom is -0.201 e. The van der Waals surface area contributed by atoms with E-state index in [0.717, 1.165) is 0 Å². The summed E-state index contributed by atoms with van der Waals surface area (Å²) in [7, 11) is 0.818. The van der Waals surface area contributed by atoms with Crippen molar-refractivity contribution in [3.8, 4) is 11.3 Å². The largest absolute Gasteiger partial charge is 0.212 e. The van der Waals surface area contributed by atoms with E-state index in [1.165, 1.54) is 28.8 Å². The first-order valence-corrected chi connectivity index (χ1v) is 11.8. The molecule has 0 bridgehead atoms. The van der Waals surface area contributed by atoms with Crippen molar-refractivity contribution in [3.05, 3.63) is 47.7 Å². The predicted octanol–water partition coefficient (Wildman–Crippen LogP) is 4.23. The molecule has 2 aromatic rings. The lowest BCUT2D eigenvalue weighted by molar-refractivity contribution is -0.660. The van der Waals surface area contributed by atoms with Crippen molar-refractivity contribution < 1.29 is 4.57 Å². The first-order chi connectivity index (χ1) is 10.2. The van der Waals surface area contributed by atoms with E-state index in [2.05, 4.69) is 88.6 Å². The van der Waals surface area contributed by atoms with Crippen molar-refractivity contribution in [2.24, 2.45) is 13.0 Å². The maximum absolute atomic E-state index is 2.46. The number of aromatic nitrogens is 1. The van der Waals surface area contributed by atoms with E-state index in [4.69, 9.17) is 0 Å². The molecule has 0 aliphatic rings.